The van der Waals surface area contributed by atoms with Crippen LogP contribution >= 0.6 is 11.8 Å². The van der Waals surface area contributed by atoms with E-state index < -0.39 is 17.0 Å². The molecule has 1 aliphatic rings. The number of thioether (sulfide) groups is 1. The summed E-state index contributed by atoms with van der Waals surface area (Å²) in [7, 11) is 0. The van der Waals surface area contributed by atoms with Gasteiger partial charge in [-0.3, -0.25) is 9.59 Å². The molecule has 2 N–H and O–H groups in total. The second-order valence-electron chi connectivity index (χ2n) is 6.23. The first-order chi connectivity index (χ1) is 12.8. The van der Waals surface area contributed by atoms with Crippen molar-refractivity contribution in [1.82, 2.24) is 9.97 Å². The number of nitrogens with zero attached hydrogens (tertiary/aromatic N) is 1. The van der Waals surface area contributed by atoms with Crippen molar-refractivity contribution in [3.05, 3.63) is 51.4 Å². The lowest BCUT2D eigenvalue weighted by Crippen LogP contribution is -2.25. The van der Waals surface area contributed by atoms with Crippen molar-refractivity contribution >= 4 is 23.4 Å². The number of hydrogen-bond donors (Lipinski definition) is 2. The zero-order valence-corrected chi connectivity index (χ0v) is 15.3. The van der Waals surface area contributed by atoms with E-state index in [9.17, 15) is 22.8 Å². The van der Waals surface area contributed by atoms with Gasteiger partial charge in [0.05, 0.1) is 16.5 Å². The molecule has 3 rings (SSSR count). The number of nitrogens with one attached hydrogen (secondary N) is 2. The van der Waals surface area contributed by atoms with Crippen LogP contribution in [0.2, 0.25) is 0 Å². The van der Waals surface area contributed by atoms with Gasteiger partial charge in [0.25, 0.3) is 5.56 Å². The Kier molecular flexibility index (Phi) is 5.59. The number of alkyl halides is 3. The van der Waals surface area contributed by atoms with Crippen LogP contribution in [0, 0.1) is 0 Å². The average Bonchev–Trinajstić information content (AvgIpc) is 3.08. The maximum absolute atomic E-state index is 12.6. The van der Waals surface area contributed by atoms with Gasteiger partial charge in [-0.05, 0) is 49.9 Å². The molecule has 5 nitrogen and oxygen atoms in total. The lowest BCUT2D eigenvalue weighted by molar-refractivity contribution is -0.137. The van der Waals surface area contributed by atoms with Crippen LogP contribution in [0.5, 0.6) is 0 Å². The van der Waals surface area contributed by atoms with Gasteiger partial charge in [0.15, 0.2) is 5.16 Å². The Morgan fingerprint density at radius 1 is 1.30 bits per heavy atom. The van der Waals surface area contributed by atoms with Gasteiger partial charge in [0.1, 0.15) is 0 Å². The number of carbonyl (C=O) groups excluding carboxylic acids is 1. The molecule has 0 saturated heterocycles. The minimum absolute atomic E-state index is 0.169. The number of anilines is 1. The predicted molar refractivity (Wildman–Crippen MR) is 96.9 cm³/mol. The summed E-state index contributed by atoms with van der Waals surface area (Å²) in [5.41, 5.74) is 0.822. The maximum Gasteiger partial charge on any atom is 0.416 e. The molecular weight excluding hydrogens is 379 g/mol. The van der Waals surface area contributed by atoms with Crippen molar-refractivity contribution in [3.63, 3.8) is 0 Å². The molecule has 0 radical (unpaired) electrons. The van der Waals surface area contributed by atoms with Crippen molar-refractivity contribution in [2.75, 3.05) is 5.32 Å². The van der Waals surface area contributed by atoms with E-state index in [1.807, 2.05) is 6.92 Å². The molecule has 0 bridgehead atoms. The minimum Gasteiger partial charge on any atom is -0.325 e. The normalized spacial score (nSPS) is 14.7. The average molecular weight is 397 g/mol. The highest BCUT2D eigenvalue weighted by Crippen LogP contribution is 2.30. The molecule has 1 aromatic carbocycles. The number of benzene rings is 1. The van der Waals surface area contributed by atoms with Gasteiger partial charge < -0.3 is 10.3 Å². The van der Waals surface area contributed by atoms with Crippen LogP contribution in [0.1, 0.15) is 36.6 Å². The van der Waals surface area contributed by atoms with Gasteiger partial charge in [-0.2, -0.15) is 13.2 Å². The zero-order chi connectivity index (χ0) is 19.6. The molecule has 1 amide bonds. The molecule has 1 aliphatic carbocycles. The number of halogens is 3. The van der Waals surface area contributed by atoms with Crippen LogP contribution in [-0.4, -0.2) is 21.1 Å². The summed E-state index contributed by atoms with van der Waals surface area (Å²) in [5.74, 6) is -0.356. The van der Waals surface area contributed by atoms with E-state index >= 15 is 0 Å². The van der Waals surface area contributed by atoms with Crippen LogP contribution in [-0.2, 0) is 23.8 Å². The number of aromatic amines is 1. The van der Waals surface area contributed by atoms with Crippen molar-refractivity contribution in [1.29, 1.82) is 0 Å². The molecule has 1 heterocycles. The molecule has 0 fully saturated rings. The second-order valence-corrected chi connectivity index (χ2v) is 7.42. The Hall–Kier alpha value is -2.29. The highest BCUT2D eigenvalue weighted by Gasteiger charge is 2.30. The molecule has 0 saturated carbocycles. The number of carbonyl (C=O) groups is 1. The largest absolute Gasteiger partial charge is 0.416 e. The predicted octanol–water partition coefficient (Wildman–Crippen LogP) is 3.79. The SMILES string of the molecule is CCC(Sc1nc2c(c(=O)[nH]1)CCC2)C(=O)Nc1ccc(C(F)(F)F)cc1. The number of rotatable bonds is 5. The Labute approximate surface area is 157 Å². The van der Waals surface area contributed by atoms with Gasteiger partial charge in [-0.1, -0.05) is 18.7 Å². The maximum atomic E-state index is 12.6. The fraction of sp³-hybridized carbons (Fsp3) is 0.389. The van der Waals surface area contributed by atoms with Crippen LogP contribution in [0.3, 0.4) is 0 Å². The Morgan fingerprint density at radius 2 is 2.00 bits per heavy atom. The van der Waals surface area contributed by atoms with E-state index in [0.29, 0.717) is 23.6 Å². The highest BCUT2D eigenvalue weighted by atomic mass is 32.2. The summed E-state index contributed by atoms with van der Waals surface area (Å²) in [6, 6.07) is 4.27. The third-order valence-electron chi connectivity index (χ3n) is 4.32. The van der Waals surface area contributed by atoms with E-state index in [1.54, 1.807) is 0 Å². The van der Waals surface area contributed by atoms with Gasteiger partial charge >= 0.3 is 6.18 Å². The first-order valence-corrected chi connectivity index (χ1v) is 9.42. The van der Waals surface area contributed by atoms with Crippen LogP contribution < -0.4 is 10.9 Å². The molecule has 0 aliphatic heterocycles. The molecule has 1 atom stereocenters. The summed E-state index contributed by atoms with van der Waals surface area (Å²) in [6.07, 6.45) is -1.59. The Morgan fingerprint density at radius 3 is 2.63 bits per heavy atom. The monoisotopic (exact) mass is 397 g/mol. The summed E-state index contributed by atoms with van der Waals surface area (Å²) >= 11 is 1.14. The molecular formula is C18H18F3N3O2S. The van der Waals surface area contributed by atoms with E-state index in [1.165, 1.54) is 12.1 Å². The van der Waals surface area contributed by atoms with E-state index in [2.05, 4.69) is 15.3 Å². The molecule has 2 aromatic rings. The zero-order valence-electron chi connectivity index (χ0n) is 14.5. The van der Waals surface area contributed by atoms with Crippen molar-refractivity contribution in [3.8, 4) is 0 Å². The van der Waals surface area contributed by atoms with Gasteiger partial charge in [-0.15, -0.1) is 0 Å². The minimum atomic E-state index is -4.42. The third kappa shape index (κ3) is 4.52. The van der Waals surface area contributed by atoms with E-state index in [-0.39, 0.29) is 17.2 Å². The number of amides is 1. The molecule has 1 aromatic heterocycles. The second kappa shape index (κ2) is 7.75. The third-order valence-corrected chi connectivity index (χ3v) is 5.57. The lowest BCUT2D eigenvalue weighted by Gasteiger charge is -2.15. The highest BCUT2D eigenvalue weighted by molar-refractivity contribution is 8.00. The topological polar surface area (TPSA) is 74.8 Å². The summed E-state index contributed by atoms with van der Waals surface area (Å²) < 4.78 is 37.8. The molecule has 0 spiro atoms. The molecule has 27 heavy (non-hydrogen) atoms. The smallest absolute Gasteiger partial charge is 0.325 e. The Bertz CT molecular complexity index is 894. The van der Waals surface area contributed by atoms with Crippen LogP contribution in [0.4, 0.5) is 18.9 Å². The lowest BCUT2D eigenvalue weighted by atomic mass is 10.2. The molecule has 1 unspecified atom stereocenters. The summed E-state index contributed by atoms with van der Waals surface area (Å²) in [4.78, 5) is 31.7. The van der Waals surface area contributed by atoms with Crippen LogP contribution in [0.25, 0.3) is 0 Å². The number of aromatic nitrogens is 2. The quantitative estimate of drug-likeness (QED) is 0.595. The fourth-order valence-electron chi connectivity index (χ4n) is 2.90. The van der Waals surface area contributed by atoms with E-state index in [4.69, 9.17) is 0 Å². The number of aryl methyl sites for hydroxylation is 1. The summed E-state index contributed by atoms with van der Waals surface area (Å²) in [6.45, 7) is 1.81. The van der Waals surface area contributed by atoms with Gasteiger partial charge in [0, 0.05) is 11.3 Å². The molecule has 9 heteroatoms. The number of hydrogen-bond acceptors (Lipinski definition) is 4. The first kappa shape index (κ1) is 19.5. The number of H-pyrrole nitrogens is 1. The first-order valence-electron chi connectivity index (χ1n) is 8.54. The van der Waals surface area contributed by atoms with Gasteiger partial charge in [-0.25, -0.2) is 4.98 Å². The molecule has 144 valence electrons. The fourth-order valence-corrected chi connectivity index (χ4v) is 3.81. The van der Waals surface area contributed by atoms with Crippen molar-refractivity contribution in [2.24, 2.45) is 0 Å². The Balaban J connectivity index is 1.69. The summed E-state index contributed by atoms with van der Waals surface area (Å²) in [5, 5.41) is 2.46. The van der Waals surface area contributed by atoms with Crippen molar-refractivity contribution in [2.45, 2.75) is 49.2 Å². The standard InChI is InChI=1S/C18H18F3N3O2S/c1-2-14(27-17-23-13-5-3-4-12(13)15(25)24-17)16(26)22-11-8-6-10(7-9-11)18(19,20)21/h6-9,14H,2-5H2,1H3,(H,22,26)(H,23,24,25). The number of fused-ring (bicyclic) bond motifs is 1. The van der Waals surface area contributed by atoms with Crippen molar-refractivity contribution < 1.29 is 18.0 Å². The van der Waals surface area contributed by atoms with Gasteiger partial charge in [0.2, 0.25) is 5.91 Å². The van der Waals surface area contributed by atoms with E-state index in [0.717, 1.165) is 42.4 Å². The van der Waals surface area contributed by atoms with Crippen LogP contribution in [0.15, 0.2) is 34.2 Å².